The maximum Gasteiger partial charge on any atom is 0.243 e. The first-order chi connectivity index (χ1) is 12.4. The molecule has 1 N–H and O–H groups in total. The zero-order valence-corrected chi connectivity index (χ0v) is 15.3. The maximum atomic E-state index is 13.1. The molecule has 2 aromatic rings. The molecule has 1 atom stereocenters. The van der Waals surface area contributed by atoms with E-state index in [2.05, 4.69) is 5.32 Å². The molecule has 138 valence electrons. The summed E-state index contributed by atoms with van der Waals surface area (Å²) in [4.78, 5) is 12.7. The van der Waals surface area contributed by atoms with Crippen molar-refractivity contribution in [3.8, 4) is 0 Å². The van der Waals surface area contributed by atoms with Gasteiger partial charge in [0.25, 0.3) is 0 Å². The van der Waals surface area contributed by atoms with E-state index in [0.717, 1.165) is 24.1 Å². The van der Waals surface area contributed by atoms with Crippen LogP contribution in [0.2, 0.25) is 0 Å². The molecule has 26 heavy (non-hydrogen) atoms. The monoisotopic (exact) mass is 376 g/mol. The smallest absolute Gasteiger partial charge is 0.243 e. The van der Waals surface area contributed by atoms with E-state index in [1.807, 2.05) is 19.1 Å². The summed E-state index contributed by atoms with van der Waals surface area (Å²) in [6, 6.07) is 11.2. The number of halogens is 1. The van der Waals surface area contributed by atoms with Crippen LogP contribution >= 0.6 is 0 Å². The molecule has 1 fully saturated rings. The Morgan fingerprint density at radius 3 is 2.38 bits per heavy atom. The van der Waals surface area contributed by atoms with E-state index >= 15 is 0 Å². The first-order valence-corrected chi connectivity index (χ1v) is 9.97. The molecule has 1 aliphatic heterocycles. The van der Waals surface area contributed by atoms with Crippen molar-refractivity contribution in [2.45, 2.75) is 37.1 Å². The van der Waals surface area contributed by atoms with Crippen LogP contribution in [0.5, 0.6) is 0 Å². The Kier molecular flexibility index (Phi) is 5.38. The van der Waals surface area contributed by atoms with Gasteiger partial charge in [-0.3, -0.25) is 4.79 Å². The van der Waals surface area contributed by atoms with E-state index in [1.54, 1.807) is 12.1 Å². The zero-order valence-electron chi connectivity index (χ0n) is 14.5. The van der Waals surface area contributed by atoms with Crippen molar-refractivity contribution < 1.29 is 17.6 Å². The molecule has 0 bridgehead atoms. The van der Waals surface area contributed by atoms with Crippen molar-refractivity contribution >= 4 is 21.6 Å². The van der Waals surface area contributed by atoms with Gasteiger partial charge in [-0.05, 0) is 56.2 Å². The van der Waals surface area contributed by atoms with E-state index in [4.69, 9.17) is 0 Å². The number of hydrogen-bond acceptors (Lipinski definition) is 3. The number of carbonyl (C=O) groups is 1. The summed E-state index contributed by atoms with van der Waals surface area (Å²) in [6.07, 6.45) is 1.92. The lowest BCUT2D eigenvalue weighted by Crippen LogP contribution is -2.49. The van der Waals surface area contributed by atoms with Gasteiger partial charge in [-0.25, -0.2) is 12.8 Å². The second-order valence-electron chi connectivity index (χ2n) is 6.44. The molecule has 2 aromatic carbocycles. The van der Waals surface area contributed by atoms with Gasteiger partial charge in [-0.15, -0.1) is 0 Å². The maximum absolute atomic E-state index is 13.1. The van der Waals surface area contributed by atoms with Crippen LogP contribution in [0.25, 0.3) is 0 Å². The third-order valence-corrected chi connectivity index (χ3v) is 6.42. The number of anilines is 1. The van der Waals surface area contributed by atoms with Gasteiger partial charge >= 0.3 is 0 Å². The van der Waals surface area contributed by atoms with Gasteiger partial charge in [0.2, 0.25) is 15.9 Å². The van der Waals surface area contributed by atoms with Crippen molar-refractivity contribution in [1.82, 2.24) is 4.31 Å². The number of sulfonamides is 1. The highest BCUT2D eigenvalue weighted by atomic mass is 32.2. The van der Waals surface area contributed by atoms with Gasteiger partial charge < -0.3 is 5.32 Å². The van der Waals surface area contributed by atoms with E-state index in [-0.39, 0.29) is 17.3 Å². The molecule has 1 amide bonds. The van der Waals surface area contributed by atoms with Crippen LogP contribution in [-0.4, -0.2) is 31.2 Å². The lowest BCUT2D eigenvalue weighted by molar-refractivity contribution is -0.120. The van der Waals surface area contributed by atoms with Crippen LogP contribution in [0, 0.1) is 12.7 Å². The summed E-state index contributed by atoms with van der Waals surface area (Å²) in [7, 11) is -3.87. The number of hydrogen-bond donors (Lipinski definition) is 1. The molecule has 7 heteroatoms. The molecule has 0 saturated carbocycles. The number of amides is 1. The molecule has 1 aliphatic rings. The number of carbonyl (C=O) groups excluding carboxylic acids is 1. The fourth-order valence-electron chi connectivity index (χ4n) is 3.06. The summed E-state index contributed by atoms with van der Waals surface area (Å²) in [6.45, 7) is 2.22. The first-order valence-electron chi connectivity index (χ1n) is 8.53. The summed E-state index contributed by atoms with van der Waals surface area (Å²) >= 11 is 0. The summed E-state index contributed by atoms with van der Waals surface area (Å²) < 4.78 is 40.2. The standard InChI is InChI=1S/C19H21FN2O3S/c1-14-5-9-16(10-6-14)21-19(23)18-4-2-3-13-22(18)26(24,25)17-11-7-15(20)8-12-17/h5-12,18H,2-4,13H2,1H3,(H,21,23)/t18-/m0/s1. The second-order valence-corrected chi connectivity index (χ2v) is 8.33. The van der Waals surface area contributed by atoms with Crippen LogP contribution in [0.4, 0.5) is 10.1 Å². The average molecular weight is 376 g/mol. The summed E-state index contributed by atoms with van der Waals surface area (Å²) in [5, 5.41) is 2.80. The van der Waals surface area contributed by atoms with Crippen LogP contribution in [0.3, 0.4) is 0 Å². The Labute approximate surface area is 152 Å². The minimum absolute atomic E-state index is 0.00561. The third kappa shape index (κ3) is 3.94. The van der Waals surface area contributed by atoms with Gasteiger partial charge in [0.1, 0.15) is 11.9 Å². The number of benzene rings is 2. The predicted octanol–water partition coefficient (Wildman–Crippen LogP) is 3.32. The van der Waals surface area contributed by atoms with E-state index < -0.39 is 21.9 Å². The predicted molar refractivity (Wildman–Crippen MR) is 97.7 cm³/mol. The molecule has 0 aromatic heterocycles. The molecular weight excluding hydrogens is 355 g/mol. The molecule has 0 spiro atoms. The molecule has 0 aliphatic carbocycles. The minimum Gasteiger partial charge on any atom is -0.325 e. The van der Waals surface area contributed by atoms with E-state index in [0.29, 0.717) is 18.5 Å². The van der Waals surface area contributed by atoms with Gasteiger partial charge in [0, 0.05) is 12.2 Å². The quantitative estimate of drug-likeness (QED) is 0.890. The lowest BCUT2D eigenvalue weighted by atomic mass is 10.0. The second kappa shape index (κ2) is 7.55. The number of rotatable bonds is 4. The average Bonchev–Trinajstić information content (AvgIpc) is 2.64. The molecule has 3 rings (SSSR count). The first kappa shape index (κ1) is 18.5. The minimum atomic E-state index is -3.87. The molecule has 1 saturated heterocycles. The van der Waals surface area contributed by atoms with E-state index in [1.165, 1.54) is 16.4 Å². The van der Waals surface area contributed by atoms with Crippen molar-refractivity contribution in [1.29, 1.82) is 0 Å². The molecular formula is C19H21FN2O3S. The Morgan fingerprint density at radius 1 is 1.08 bits per heavy atom. The zero-order chi connectivity index (χ0) is 18.7. The van der Waals surface area contributed by atoms with Crippen LogP contribution in [-0.2, 0) is 14.8 Å². The highest BCUT2D eigenvalue weighted by Gasteiger charge is 2.37. The van der Waals surface area contributed by atoms with Gasteiger partial charge in [0.15, 0.2) is 0 Å². The summed E-state index contributed by atoms with van der Waals surface area (Å²) in [5.74, 6) is -0.851. The highest BCUT2D eigenvalue weighted by Crippen LogP contribution is 2.26. The molecule has 5 nitrogen and oxygen atoms in total. The Balaban J connectivity index is 1.83. The fraction of sp³-hybridized carbons (Fsp3) is 0.316. The van der Waals surface area contributed by atoms with Crippen molar-refractivity contribution in [3.63, 3.8) is 0 Å². The molecule has 0 radical (unpaired) electrons. The highest BCUT2D eigenvalue weighted by molar-refractivity contribution is 7.89. The van der Waals surface area contributed by atoms with Gasteiger partial charge in [0.05, 0.1) is 4.90 Å². The van der Waals surface area contributed by atoms with Crippen LogP contribution in [0.1, 0.15) is 24.8 Å². The molecule has 1 heterocycles. The van der Waals surface area contributed by atoms with Crippen molar-refractivity contribution in [2.75, 3.05) is 11.9 Å². The van der Waals surface area contributed by atoms with Crippen LogP contribution < -0.4 is 5.32 Å². The lowest BCUT2D eigenvalue weighted by Gasteiger charge is -2.33. The Hall–Kier alpha value is -2.25. The Morgan fingerprint density at radius 2 is 1.73 bits per heavy atom. The Bertz CT molecular complexity index is 880. The number of piperidine rings is 1. The van der Waals surface area contributed by atoms with Crippen molar-refractivity contribution in [3.05, 3.63) is 59.9 Å². The SMILES string of the molecule is Cc1ccc(NC(=O)[C@@H]2CCCCN2S(=O)(=O)c2ccc(F)cc2)cc1. The van der Waals surface area contributed by atoms with E-state index in [9.17, 15) is 17.6 Å². The third-order valence-electron chi connectivity index (χ3n) is 4.50. The van der Waals surface area contributed by atoms with Crippen LogP contribution in [0.15, 0.2) is 53.4 Å². The topological polar surface area (TPSA) is 66.5 Å². The van der Waals surface area contributed by atoms with Crippen molar-refractivity contribution in [2.24, 2.45) is 0 Å². The number of aryl methyl sites for hydroxylation is 1. The number of nitrogens with zero attached hydrogens (tertiary/aromatic N) is 1. The number of nitrogens with one attached hydrogen (secondary N) is 1. The molecule has 0 unspecified atom stereocenters. The van der Waals surface area contributed by atoms with Gasteiger partial charge in [-0.2, -0.15) is 4.31 Å². The largest absolute Gasteiger partial charge is 0.325 e. The summed E-state index contributed by atoms with van der Waals surface area (Å²) in [5.41, 5.74) is 1.70. The van der Waals surface area contributed by atoms with Gasteiger partial charge in [-0.1, -0.05) is 24.1 Å². The normalized spacial score (nSPS) is 18.5. The fourth-order valence-corrected chi connectivity index (χ4v) is 4.72.